The SMILES string of the molecule is CC(C)(C)C1OC(COCC(=O)O)C(O)C(O)C1N. The minimum absolute atomic E-state index is 0.107. The number of carboxylic acids is 1. The van der Waals surface area contributed by atoms with Gasteiger partial charge in [0.15, 0.2) is 0 Å². The minimum atomic E-state index is -1.19. The standard InChI is InChI=1S/C12H23NO6/c1-12(2,3)11-8(13)10(17)9(16)6(19-11)4-18-5-7(14)15/h6,8-11,16-17H,4-5,13H2,1-3H3,(H,14,15). The summed E-state index contributed by atoms with van der Waals surface area (Å²) in [5, 5.41) is 28.3. The van der Waals surface area contributed by atoms with Gasteiger partial charge >= 0.3 is 5.97 Å². The maximum atomic E-state index is 10.4. The van der Waals surface area contributed by atoms with E-state index >= 15 is 0 Å². The molecule has 1 fully saturated rings. The van der Waals surface area contributed by atoms with E-state index in [-0.39, 0.29) is 12.0 Å². The van der Waals surface area contributed by atoms with Crippen molar-refractivity contribution < 1.29 is 29.6 Å². The third kappa shape index (κ3) is 4.12. The first-order chi connectivity index (χ1) is 8.64. The van der Waals surface area contributed by atoms with Gasteiger partial charge in [-0.1, -0.05) is 20.8 Å². The van der Waals surface area contributed by atoms with Crippen LogP contribution >= 0.6 is 0 Å². The zero-order chi connectivity index (χ0) is 14.8. The highest BCUT2D eigenvalue weighted by atomic mass is 16.6. The Labute approximate surface area is 112 Å². The van der Waals surface area contributed by atoms with Crippen molar-refractivity contribution in [3.63, 3.8) is 0 Å². The molecule has 0 saturated carbocycles. The molecular formula is C12H23NO6. The van der Waals surface area contributed by atoms with E-state index in [2.05, 4.69) is 0 Å². The lowest BCUT2D eigenvalue weighted by molar-refractivity contribution is -0.216. The normalized spacial score (nSPS) is 36.2. The predicted octanol–water partition coefficient (Wildman–Crippen LogP) is -1.05. The Morgan fingerprint density at radius 3 is 2.37 bits per heavy atom. The van der Waals surface area contributed by atoms with Gasteiger partial charge in [-0.2, -0.15) is 0 Å². The average molecular weight is 277 g/mol. The summed E-state index contributed by atoms with van der Waals surface area (Å²) < 4.78 is 10.6. The Balaban J connectivity index is 2.68. The fourth-order valence-electron chi connectivity index (χ4n) is 2.17. The molecule has 0 spiro atoms. The second kappa shape index (κ2) is 6.15. The molecule has 0 aromatic rings. The quantitative estimate of drug-likeness (QED) is 0.517. The smallest absolute Gasteiger partial charge is 0.329 e. The molecule has 5 unspecified atom stereocenters. The molecule has 0 radical (unpaired) electrons. The summed E-state index contributed by atoms with van der Waals surface area (Å²) in [6.45, 7) is 5.16. The fourth-order valence-corrected chi connectivity index (χ4v) is 2.17. The zero-order valence-corrected chi connectivity index (χ0v) is 11.4. The van der Waals surface area contributed by atoms with Crippen LogP contribution in [0.1, 0.15) is 20.8 Å². The largest absolute Gasteiger partial charge is 0.480 e. The van der Waals surface area contributed by atoms with Crippen molar-refractivity contribution >= 4 is 5.97 Å². The number of carbonyl (C=O) groups is 1. The van der Waals surface area contributed by atoms with Crippen LogP contribution in [-0.2, 0) is 14.3 Å². The van der Waals surface area contributed by atoms with Gasteiger partial charge in [-0.3, -0.25) is 0 Å². The average Bonchev–Trinajstić information content (AvgIpc) is 2.27. The van der Waals surface area contributed by atoms with Crippen LogP contribution in [0.4, 0.5) is 0 Å². The topological polar surface area (TPSA) is 122 Å². The second-order valence-electron chi connectivity index (χ2n) is 5.93. The molecule has 0 amide bonds. The number of carboxylic acid groups (broad SMARTS) is 1. The van der Waals surface area contributed by atoms with Gasteiger partial charge < -0.3 is 30.5 Å². The minimum Gasteiger partial charge on any atom is -0.480 e. The summed E-state index contributed by atoms with van der Waals surface area (Å²) in [6.07, 6.45) is -3.57. The van der Waals surface area contributed by atoms with Crippen LogP contribution in [0.25, 0.3) is 0 Å². The van der Waals surface area contributed by atoms with E-state index in [0.29, 0.717) is 0 Å². The number of aliphatic hydroxyl groups excluding tert-OH is 2. The number of aliphatic carboxylic acids is 1. The first-order valence-corrected chi connectivity index (χ1v) is 6.21. The predicted molar refractivity (Wildman–Crippen MR) is 66.6 cm³/mol. The van der Waals surface area contributed by atoms with E-state index in [4.69, 9.17) is 20.3 Å². The van der Waals surface area contributed by atoms with E-state index < -0.39 is 43.0 Å². The van der Waals surface area contributed by atoms with Crippen LogP contribution in [0.15, 0.2) is 0 Å². The molecule has 7 nitrogen and oxygen atoms in total. The van der Waals surface area contributed by atoms with Crippen molar-refractivity contribution in [1.82, 2.24) is 0 Å². The third-order valence-electron chi connectivity index (χ3n) is 3.16. The van der Waals surface area contributed by atoms with Crippen molar-refractivity contribution in [3.8, 4) is 0 Å². The van der Waals surface area contributed by atoms with E-state index in [1.54, 1.807) is 0 Å². The van der Waals surface area contributed by atoms with Gasteiger partial charge in [0.2, 0.25) is 0 Å². The third-order valence-corrected chi connectivity index (χ3v) is 3.16. The van der Waals surface area contributed by atoms with E-state index in [9.17, 15) is 15.0 Å². The number of ether oxygens (including phenoxy) is 2. The van der Waals surface area contributed by atoms with Gasteiger partial charge in [0, 0.05) is 0 Å². The maximum absolute atomic E-state index is 10.4. The molecule has 0 bridgehead atoms. The lowest BCUT2D eigenvalue weighted by Gasteiger charge is -2.46. The first-order valence-electron chi connectivity index (χ1n) is 6.21. The van der Waals surface area contributed by atoms with Crippen molar-refractivity contribution in [2.45, 2.75) is 51.2 Å². The number of aliphatic hydroxyl groups is 2. The second-order valence-corrected chi connectivity index (χ2v) is 5.93. The van der Waals surface area contributed by atoms with E-state index in [1.165, 1.54) is 0 Å². The van der Waals surface area contributed by atoms with Crippen LogP contribution in [0.2, 0.25) is 0 Å². The molecule has 1 saturated heterocycles. The summed E-state index contributed by atoms with van der Waals surface area (Å²) in [6, 6.07) is -0.703. The highest BCUT2D eigenvalue weighted by molar-refractivity contribution is 5.67. The van der Waals surface area contributed by atoms with E-state index in [1.807, 2.05) is 20.8 Å². The molecule has 7 heteroatoms. The molecule has 5 N–H and O–H groups in total. The van der Waals surface area contributed by atoms with Gasteiger partial charge in [-0.05, 0) is 5.41 Å². The van der Waals surface area contributed by atoms with Gasteiger partial charge in [0.1, 0.15) is 24.9 Å². The first kappa shape index (κ1) is 16.3. The van der Waals surface area contributed by atoms with Gasteiger partial charge in [0.25, 0.3) is 0 Å². The summed E-state index contributed by atoms with van der Waals surface area (Å²) in [4.78, 5) is 10.4. The lowest BCUT2D eigenvalue weighted by Crippen LogP contribution is -2.64. The van der Waals surface area contributed by atoms with E-state index in [0.717, 1.165) is 0 Å². The molecule has 19 heavy (non-hydrogen) atoms. The number of hydrogen-bond donors (Lipinski definition) is 4. The number of rotatable bonds is 4. The molecule has 1 rings (SSSR count). The summed E-state index contributed by atoms with van der Waals surface area (Å²) in [5.41, 5.74) is 5.55. The molecule has 0 aromatic heterocycles. The zero-order valence-electron chi connectivity index (χ0n) is 11.4. The van der Waals surface area contributed by atoms with Crippen LogP contribution < -0.4 is 5.73 Å². The van der Waals surface area contributed by atoms with Crippen molar-refractivity contribution in [2.24, 2.45) is 11.1 Å². The number of hydrogen-bond acceptors (Lipinski definition) is 6. The molecule has 5 atom stereocenters. The summed E-state index contributed by atoms with van der Waals surface area (Å²) >= 11 is 0. The number of nitrogens with two attached hydrogens (primary N) is 1. The Kier molecular flexibility index (Phi) is 5.28. The maximum Gasteiger partial charge on any atom is 0.329 e. The van der Waals surface area contributed by atoms with Gasteiger partial charge in [-0.15, -0.1) is 0 Å². The fraction of sp³-hybridized carbons (Fsp3) is 0.917. The van der Waals surface area contributed by atoms with Crippen LogP contribution in [0.3, 0.4) is 0 Å². The van der Waals surface area contributed by atoms with Crippen LogP contribution in [-0.4, -0.2) is 65.0 Å². The molecule has 0 aromatic carbocycles. The highest BCUT2D eigenvalue weighted by Crippen LogP contribution is 2.32. The van der Waals surface area contributed by atoms with Gasteiger partial charge in [-0.25, -0.2) is 4.79 Å². The van der Waals surface area contributed by atoms with Crippen molar-refractivity contribution in [3.05, 3.63) is 0 Å². The summed E-state index contributed by atoms with van der Waals surface area (Å²) in [7, 11) is 0. The van der Waals surface area contributed by atoms with Crippen molar-refractivity contribution in [2.75, 3.05) is 13.2 Å². The summed E-state index contributed by atoms with van der Waals surface area (Å²) in [5.74, 6) is -1.10. The Morgan fingerprint density at radius 1 is 1.32 bits per heavy atom. The molecule has 1 aliphatic rings. The Morgan fingerprint density at radius 2 is 1.89 bits per heavy atom. The van der Waals surface area contributed by atoms with Crippen LogP contribution in [0, 0.1) is 5.41 Å². The van der Waals surface area contributed by atoms with Crippen LogP contribution in [0.5, 0.6) is 0 Å². The monoisotopic (exact) mass is 277 g/mol. The Bertz CT molecular complexity index is 316. The molecular weight excluding hydrogens is 254 g/mol. The molecule has 1 heterocycles. The molecule has 112 valence electrons. The molecule has 0 aliphatic carbocycles. The highest BCUT2D eigenvalue weighted by Gasteiger charge is 2.46. The van der Waals surface area contributed by atoms with Crippen molar-refractivity contribution in [1.29, 1.82) is 0 Å². The van der Waals surface area contributed by atoms with Gasteiger partial charge in [0.05, 0.1) is 18.8 Å². The Hall–Kier alpha value is -0.730. The lowest BCUT2D eigenvalue weighted by atomic mass is 9.79. The molecule has 1 aliphatic heterocycles.